The van der Waals surface area contributed by atoms with E-state index in [0.29, 0.717) is 0 Å². The SMILES string of the molecule is Cc1ccc(S(=O)(=O)N2CC(c3ccccc3)=CC(C)(O)C2)cc1. The van der Waals surface area contributed by atoms with Gasteiger partial charge in [0, 0.05) is 13.1 Å². The molecule has 1 heterocycles. The molecule has 3 rings (SSSR count). The van der Waals surface area contributed by atoms with Crippen LogP contribution in [0, 0.1) is 6.92 Å². The predicted molar refractivity (Wildman–Crippen MR) is 95.0 cm³/mol. The van der Waals surface area contributed by atoms with Gasteiger partial charge in [-0.2, -0.15) is 4.31 Å². The Hall–Kier alpha value is -1.95. The zero-order valence-corrected chi connectivity index (χ0v) is 14.6. The van der Waals surface area contributed by atoms with Gasteiger partial charge in [0.1, 0.15) is 0 Å². The van der Waals surface area contributed by atoms with Crippen molar-refractivity contribution in [3.8, 4) is 0 Å². The zero-order valence-electron chi connectivity index (χ0n) is 13.8. The van der Waals surface area contributed by atoms with Gasteiger partial charge in [0.15, 0.2) is 0 Å². The highest BCUT2D eigenvalue weighted by molar-refractivity contribution is 7.89. The summed E-state index contributed by atoms with van der Waals surface area (Å²) in [6.07, 6.45) is 1.75. The van der Waals surface area contributed by atoms with Crippen molar-refractivity contribution in [2.24, 2.45) is 0 Å². The molecule has 0 radical (unpaired) electrons. The summed E-state index contributed by atoms with van der Waals surface area (Å²) in [5.74, 6) is 0. The van der Waals surface area contributed by atoms with Crippen molar-refractivity contribution in [3.63, 3.8) is 0 Å². The Morgan fingerprint density at radius 2 is 1.67 bits per heavy atom. The number of benzene rings is 2. The van der Waals surface area contributed by atoms with Gasteiger partial charge in [-0.15, -0.1) is 0 Å². The molecular weight excluding hydrogens is 322 g/mol. The number of nitrogens with zero attached hydrogens (tertiary/aromatic N) is 1. The molecule has 0 bridgehead atoms. The number of aryl methyl sites for hydroxylation is 1. The molecule has 0 fully saturated rings. The zero-order chi connectivity index (χ0) is 17.4. The molecule has 4 nitrogen and oxygen atoms in total. The predicted octanol–water partition coefficient (Wildman–Crippen LogP) is 2.83. The van der Waals surface area contributed by atoms with Crippen LogP contribution in [0.2, 0.25) is 0 Å². The summed E-state index contributed by atoms with van der Waals surface area (Å²) in [6, 6.07) is 16.3. The molecule has 1 aliphatic rings. The van der Waals surface area contributed by atoms with Crippen LogP contribution in [0.5, 0.6) is 0 Å². The standard InChI is InChI=1S/C19H21NO3S/c1-15-8-10-18(11-9-15)24(22,23)20-13-17(12-19(2,21)14-20)16-6-4-3-5-7-16/h3-12,21H,13-14H2,1-2H3. The molecule has 0 amide bonds. The fourth-order valence-electron chi connectivity index (χ4n) is 2.93. The molecule has 0 saturated heterocycles. The Morgan fingerprint density at radius 3 is 2.29 bits per heavy atom. The first-order valence-corrected chi connectivity index (χ1v) is 9.28. The van der Waals surface area contributed by atoms with Crippen LogP contribution in [0.3, 0.4) is 0 Å². The molecule has 0 aliphatic carbocycles. The highest BCUT2D eigenvalue weighted by atomic mass is 32.2. The molecule has 1 aliphatic heterocycles. The highest BCUT2D eigenvalue weighted by Crippen LogP contribution is 2.30. The van der Waals surface area contributed by atoms with Crippen LogP contribution in [0.1, 0.15) is 18.1 Å². The van der Waals surface area contributed by atoms with Crippen molar-refractivity contribution in [2.75, 3.05) is 13.1 Å². The van der Waals surface area contributed by atoms with Gasteiger partial charge in [0.2, 0.25) is 10.0 Å². The van der Waals surface area contributed by atoms with Gasteiger partial charge in [-0.3, -0.25) is 0 Å². The molecule has 2 aromatic carbocycles. The van der Waals surface area contributed by atoms with Crippen LogP contribution in [0.25, 0.3) is 5.57 Å². The Bertz CT molecular complexity index is 853. The lowest BCUT2D eigenvalue weighted by Crippen LogP contribution is -2.47. The summed E-state index contributed by atoms with van der Waals surface area (Å²) >= 11 is 0. The van der Waals surface area contributed by atoms with Crippen LogP contribution in [0.4, 0.5) is 0 Å². The number of β-amino-alcohol motifs (C(OH)–C–C–N with tert-alkyl or cyclic N) is 1. The van der Waals surface area contributed by atoms with E-state index in [4.69, 9.17) is 0 Å². The van der Waals surface area contributed by atoms with Gasteiger partial charge in [-0.1, -0.05) is 48.0 Å². The lowest BCUT2D eigenvalue weighted by molar-refractivity contribution is 0.0850. The maximum Gasteiger partial charge on any atom is 0.243 e. The minimum atomic E-state index is -3.66. The van der Waals surface area contributed by atoms with Crippen molar-refractivity contribution in [2.45, 2.75) is 24.3 Å². The molecule has 0 spiro atoms. The number of hydrogen-bond acceptors (Lipinski definition) is 3. The molecular formula is C19H21NO3S. The van der Waals surface area contributed by atoms with Crippen molar-refractivity contribution in [1.29, 1.82) is 0 Å². The van der Waals surface area contributed by atoms with E-state index in [9.17, 15) is 13.5 Å². The number of aliphatic hydroxyl groups is 1. The average molecular weight is 343 g/mol. The number of hydrogen-bond donors (Lipinski definition) is 1. The Balaban J connectivity index is 1.98. The Kier molecular flexibility index (Phi) is 4.34. The quantitative estimate of drug-likeness (QED) is 0.932. The van der Waals surface area contributed by atoms with Crippen LogP contribution >= 0.6 is 0 Å². The highest BCUT2D eigenvalue weighted by Gasteiger charge is 2.35. The van der Waals surface area contributed by atoms with Crippen LogP contribution in [-0.4, -0.2) is 36.5 Å². The van der Waals surface area contributed by atoms with Gasteiger partial charge in [0.25, 0.3) is 0 Å². The maximum atomic E-state index is 13.0. The monoisotopic (exact) mass is 343 g/mol. The number of rotatable bonds is 3. The minimum Gasteiger partial charge on any atom is -0.385 e. The first-order valence-electron chi connectivity index (χ1n) is 7.84. The molecule has 5 heteroatoms. The van der Waals surface area contributed by atoms with Crippen LogP contribution in [0.15, 0.2) is 65.6 Å². The summed E-state index contributed by atoms with van der Waals surface area (Å²) in [4.78, 5) is 0.248. The maximum absolute atomic E-state index is 13.0. The van der Waals surface area contributed by atoms with E-state index in [1.165, 1.54) is 4.31 Å². The topological polar surface area (TPSA) is 57.6 Å². The van der Waals surface area contributed by atoms with Gasteiger partial charge >= 0.3 is 0 Å². The van der Waals surface area contributed by atoms with E-state index in [-0.39, 0.29) is 18.0 Å². The van der Waals surface area contributed by atoms with E-state index in [1.807, 2.05) is 37.3 Å². The largest absolute Gasteiger partial charge is 0.385 e. The second-order valence-corrected chi connectivity index (χ2v) is 8.42. The van der Waals surface area contributed by atoms with Gasteiger partial charge in [-0.25, -0.2) is 8.42 Å². The normalized spacial score (nSPS) is 22.2. The lowest BCUT2D eigenvalue weighted by Gasteiger charge is -2.35. The summed E-state index contributed by atoms with van der Waals surface area (Å²) in [5.41, 5.74) is 1.52. The van der Waals surface area contributed by atoms with Crippen molar-refractivity contribution >= 4 is 15.6 Å². The second-order valence-electron chi connectivity index (χ2n) is 6.48. The molecule has 1 unspecified atom stereocenters. The molecule has 0 saturated carbocycles. The van der Waals surface area contributed by atoms with E-state index >= 15 is 0 Å². The van der Waals surface area contributed by atoms with Gasteiger partial charge in [0.05, 0.1) is 10.5 Å². The Morgan fingerprint density at radius 1 is 1.04 bits per heavy atom. The average Bonchev–Trinajstić information content (AvgIpc) is 2.54. The van der Waals surface area contributed by atoms with Crippen molar-refractivity contribution < 1.29 is 13.5 Å². The fraction of sp³-hybridized carbons (Fsp3) is 0.263. The third kappa shape index (κ3) is 3.43. The van der Waals surface area contributed by atoms with E-state index < -0.39 is 15.6 Å². The van der Waals surface area contributed by atoms with Gasteiger partial charge in [-0.05, 0) is 43.2 Å². The summed E-state index contributed by atoms with van der Waals surface area (Å²) in [7, 11) is -3.66. The molecule has 1 atom stereocenters. The summed E-state index contributed by atoms with van der Waals surface area (Å²) < 4.78 is 27.2. The minimum absolute atomic E-state index is 0.0412. The number of sulfonamides is 1. The van der Waals surface area contributed by atoms with Crippen LogP contribution < -0.4 is 0 Å². The summed E-state index contributed by atoms with van der Waals surface area (Å²) in [6.45, 7) is 3.83. The van der Waals surface area contributed by atoms with E-state index in [2.05, 4.69) is 0 Å². The second kappa shape index (κ2) is 6.16. The lowest BCUT2D eigenvalue weighted by atomic mass is 9.94. The molecule has 0 aromatic heterocycles. The van der Waals surface area contributed by atoms with E-state index in [0.717, 1.165) is 16.7 Å². The fourth-order valence-corrected chi connectivity index (χ4v) is 4.44. The first kappa shape index (κ1) is 16.9. The van der Waals surface area contributed by atoms with Crippen molar-refractivity contribution in [1.82, 2.24) is 4.31 Å². The third-order valence-corrected chi connectivity index (χ3v) is 5.94. The molecule has 126 valence electrons. The van der Waals surface area contributed by atoms with Crippen LogP contribution in [-0.2, 0) is 10.0 Å². The molecule has 2 aromatic rings. The summed E-state index contributed by atoms with van der Waals surface area (Å²) in [5, 5.41) is 10.5. The van der Waals surface area contributed by atoms with E-state index in [1.54, 1.807) is 37.3 Å². The first-order chi connectivity index (χ1) is 11.3. The third-order valence-electron chi connectivity index (χ3n) is 4.13. The van der Waals surface area contributed by atoms with Crippen molar-refractivity contribution in [3.05, 3.63) is 71.8 Å². The van der Waals surface area contributed by atoms with Gasteiger partial charge < -0.3 is 5.11 Å². The Labute approximate surface area is 143 Å². The smallest absolute Gasteiger partial charge is 0.243 e. The molecule has 24 heavy (non-hydrogen) atoms. The molecule has 1 N–H and O–H groups in total.